The largest absolute Gasteiger partial charge is 0.330 e. The topological polar surface area (TPSA) is 35.5 Å². The molecule has 0 bridgehead atoms. The first-order chi connectivity index (χ1) is 12.5. The second-order valence-electron chi connectivity index (χ2n) is 7.82. The predicted molar refractivity (Wildman–Crippen MR) is 115 cm³/mol. The number of rotatable bonds is 19. The summed E-state index contributed by atoms with van der Waals surface area (Å²) in [5.74, 6) is 1.01. The molecule has 0 rings (SSSR count). The molecule has 26 heavy (non-hydrogen) atoms. The maximum atomic E-state index is 13.3. The van der Waals surface area contributed by atoms with Crippen molar-refractivity contribution in [3.05, 3.63) is 0 Å². The second-order valence-corrected chi connectivity index (χ2v) is 10.0. The molecular formula is C22H47O3P. The lowest BCUT2D eigenvalue weighted by atomic mass is 10.0. The molecule has 4 heteroatoms. The second kappa shape index (κ2) is 17.3. The summed E-state index contributed by atoms with van der Waals surface area (Å²) in [6.07, 6.45) is 14.4. The molecule has 0 aromatic heterocycles. The van der Waals surface area contributed by atoms with E-state index >= 15 is 0 Å². The summed E-state index contributed by atoms with van der Waals surface area (Å²) in [5, 5.41) is 0. The van der Waals surface area contributed by atoms with Crippen molar-refractivity contribution in [2.75, 3.05) is 19.4 Å². The molecule has 0 aliphatic carbocycles. The zero-order valence-corrected chi connectivity index (χ0v) is 19.3. The molecule has 158 valence electrons. The van der Waals surface area contributed by atoms with Crippen LogP contribution in [0.5, 0.6) is 0 Å². The smallest absolute Gasteiger partial charge is 0.308 e. The van der Waals surface area contributed by atoms with Crippen molar-refractivity contribution in [2.45, 2.75) is 112 Å². The molecular weight excluding hydrogens is 343 g/mol. The van der Waals surface area contributed by atoms with Crippen LogP contribution in [-0.2, 0) is 13.6 Å². The highest BCUT2D eigenvalue weighted by Crippen LogP contribution is 2.50. The van der Waals surface area contributed by atoms with Gasteiger partial charge in [0.2, 0.25) is 0 Å². The highest BCUT2D eigenvalue weighted by atomic mass is 31.2. The molecule has 0 amide bonds. The van der Waals surface area contributed by atoms with Gasteiger partial charge in [-0.15, -0.1) is 0 Å². The van der Waals surface area contributed by atoms with Gasteiger partial charge in [-0.05, 0) is 31.1 Å². The van der Waals surface area contributed by atoms with Gasteiger partial charge in [0.25, 0.3) is 0 Å². The summed E-state index contributed by atoms with van der Waals surface area (Å²) >= 11 is 0. The monoisotopic (exact) mass is 390 g/mol. The zero-order valence-electron chi connectivity index (χ0n) is 18.4. The van der Waals surface area contributed by atoms with Crippen LogP contribution in [0.25, 0.3) is 0 Å². The van der Waals surface area contributed by atoms with Crippen molar-refractivity contribution in [3.8, 4) is 0 Å². The number of hydrogen-bond donors (Lipinski definition) is 0. The first-order valence-corrected chi connectivity index (χ1v) is 13.2. The Kier molecular flexibility index (Phi) is 17.4. The molecule has 0 spiro atoms. The molecule has 2 unspecified atom stereocenters. The quantitative estimate of drug-likeness (QED) is 0.165. The van der Waals surface area contributed by atoms with E-state index in [1.54, 1.807) is 0 Å². The van der Waals surface area contributed by atoms with Crippen molar-refractivity contribution in [1.82, 2.24) is 0 Å². The molecule has 0 aliphatic heterocycles. The van der Waals surface area contributed by atoms with Gasteiger partial charge in [-0.25, -0.2) is 0 Å². The lowest BCUT2D eigenvalue weighted by Gasteiger charge is -2.24. The summed E-state index contributed by atoms with van der Waals surface area (Å²) in [4.78, 5) is 0. The van der Waals surface area contributed by atoms with Gasteiger partial charge in [-0.1, -0.05) is 92.4 Å². The first kappa shape index (κ1) is 26.1. The third-order valence-corrected chi connectivity index (χ3v) is 7.33. The Morgan fingerprint density at radius 2 is 1.12 bits per heavy atom. The molecule has 0 saturated carbocycles. The molecule has 0 aromatic carbocycles. The van der Waals surface area contributed by atoms with Gasteiger partial charge in [0, 0.05) is 0 Å². The highest BCUT2D eigenvalue weighted by Gasteiger charge is 2.26. The minimum atomic E-state index is -2.96. The van der Waals surface area contributed by atoms with E-state index in [2.05, 4.69) is 34.6 Å². The van der Waals surface area contributed by atoms with Crippen LogP contribution >= 0.6 is 7.60 Å². The summed E-state index contributed by atoms with van der Waals surface area (Å²) < 4.78 is 25.3. The number of unbranched alkanes of at least 4 members (excludes halogenated alkanes) is 5. The van der Waals surface area contributed by atoms with E-state index in [1.165, 1.54) is 38.5 Å². The molecule has 2 atom stereocenters. The molecule has 3 nitrogen and oxygen atoms in total. The average Bonchev–Trinajstić information content (AvgIpc) is 2.66. The van der Waals surface area contributed by atoms with Gasteiger partial charge in [-0.2, -0.15) is 0 Å². The lowest BCUT2D eigenvalue weighted by Crippen LogP contribution is -2.13. The summed E-state index contributed by atoms with van der Waals surface area (Å²) in [6.45, 7) is 12.2. The van der Waals surface area contributed by atoms with E-state index in [-0.39, 0.29) is 0 Å². The third kappa shape index (κ3) is 13.3. The van der Waals surface area contributed by atoms with E-state index in [0.29, 0.717) is 31.2 Å². The summed E-state index contributed by atoms with van der Waals surface area (Å²) in [5.41, 5.74) is 0. The molecule has 0 aliphatic rings. The average molecular weight is 391 g/mol. The van der Waals surface area contributed by atoms with Crippen LogP contribution in [0.4, 0.5) is 0 Å². The van der Waals surface area contributed by atoms with Crippen molar-refractivity contribution in [2.24, 2.45) is 11.8 Å². The van der Waals surface area contributed by atoms with Crippen LogP contribution in [-0.4, -0.2) is 19.4 Å². The maximum Gasteiger partial charge on any atom is 0.330 e. The van der Waals surface area contributed by atoms with Crippen LogP contribution < -0.4 is 0 Å². The molecule has 0 aromatic rings. The van der Waals surface area contributed by atoms with E-state index in [0.717, 1.165) is 38.5 Å². The third-order valence-electron chi connectivity index (χ3n) is 5.39. The van der Waals surface area contributed by atoms with E-state index < -0.39 is 7.60 Å². The van der Waals surface area contributed by atoms with Crippen molar-refractivity contribution in [1.29, 1.82) is 0 Å². The Morgan fingerprint density at radius 1 is 0.654 bits per heavy atom. The van der Waals surface area contributed by atoms with E-state index in [1.807, 2.05) is 0 Å². The Labute approximate surface area is 164 Å². The van der Waals surface area contributed by atoms with E-state index in [4.69, 9.17) is 9.05 Å². The normalized spacial score (nSPS) is 16.3. The fourth-order valence-electron chi connectivity index (χ4n) is 3.13. The van der Waals surface area contributed by atoms with Crippen molar-refractivity contribution in [3.63, 3.8) is 0 Å². The van der Waals surface area contributed by atoms with Crippen LogP contribution in [0.2, 0.25) is 0 Å². The first-order valence-electron chi connectivity index (χ1n) is 11.4. The lowest BCUT2D eigenvalue weighted by molar-refractivity contribution is 0.150. The molecule has 0 heterocycles. The fraction of sp³-hybridized carbons (Fsp3) is 1.00. The van der Waals surface area contributed by atoms with Gasteiger partial charge in [0.05, 0.1) is 19.4 Å². The van der Waals surface area contributed by atoms with Crippen molar-refractivity contribution < 1.29 is 13.6 Å². The summed E-state index contributed by atoms with van der Waals surface area (Å²) in [7, 11) is -2.96. The molecule has 0 saturated heterocycles. The molecule has 0 fully saturated rings. The molecule has 0 N–H and O–H groups in total. The summed E-state index contributed by atoms with van der Waals surface area (Å²) in [6, 6.07) is 0. The zero-order chi connectivity index (χ0) is 19.7. The number of hydrogen-bond acceptors (Lipinski definition) is 3. The highest BCUT2D eigenvalue weighted by molar-refractivity contribution is 7.53. The van der Waals surface area contributed by atoms with E-state index in [9.17, 15) is 4.57 Å². The van der Waals surface area contributed by atoms with Gasteiger partial charge in [0.15, 0.2) is 0 Å². The van der Waals surface area contributed by atoms with Gasteiger partial charge in [-0.3, -0.25) is 4.57 Å². The van der Waals surface area contributed by atoms with Gasteiger partial charge in [0.1, 0.15) is 0 Å². The SMILES string of the molecule is CCCCCCP(=O)(OCC(CC)CCCC)OCC(CC)CCCC. The predicted octanol–water partition coefficient (Wildman–Crippen LogP) is 8.23. The standard InChI is InChI=1S/C22H47O3P/c1-6-11-14-15-18-26(23,24-19-21(9-4)16-12-7-2)25-20-22(10-5)17-13-8-3/h21-22H,6-20H2,1-5H3. The Morgan fingerprint density at radius 3 is 1.50 bits per heavy atom. The van der Waals surface area contributed by atoms with Gasteiger partial charge < -0.3 is 9.05 Å². The van der Waals surface area contributed by atoms with Crippen LogP contribution in [0.1, 0.15) is 112 Å². The van der Waals surface area contributed by atoms with Crippen LogP contribution in [0, 0.1) is 11.8 Å². The Hall–Kier alpha value is 0.150. The minimum absolute atomic E-state index is 0.504. The maximum absolute atomic E-state index is 13.3. The Bertz CT molecular complexity index is 322. The van der Waals surface area contributed by atoms with Gasteiger partial charge >= 0.3 is 7.60 Å². The van der Waals surface area contributed by atoms with Crippen molar-refractivity contribution >= 4 is 7.60 Å². The minimum Gasteiger partial charge on any atom is -0.308 e. The van der Waals surface area contributed by atoms with Crippen LogP contribution in [0.3, 0.4) is 0 Å². The van der Waals surface area contributed by atoms with Crippen LogP contribution in [0.15, 0.2) is 0 Å². The fourth-order valence-corrected chi connectivity index (χ4v) is 4.95. The Balaban J connectivity index is 4.63. The molecule has 0 radical (unpaired) electrons.